The second kappa shape index (κ2) is 9.28. The van der Waals surface area contributed by atoms with Crippen LogP contribution >= 0.6 is 11.3 Å². The molecule has 0 atom stereocenters. The summed E-state index contributed by atoms with van der Waals surface area (Å²) in [6, 6.07) is 8.89. The van der Waals surface area contributed by atoms with Gasteiger partial charge in [0.15, 0.2) is 0 Å². The van der Waals surface area contributed by atoms with Crippen molar-refractivity contribution < 1.29 is 17.9 Å². The summed E-state index contributed by atoms with van der Waals surface area (Å²) >= 11 is 1.32. The highest BCUT2D eigenvalue weighted by Crippen LogP contribution is 2.33. The first-order valence-corrected chi connectivity index (χ1v) is 13.1. The van der Waals surface area contributed by atoms with Gasteiger partial charge in [0.1, 0.15) is 20.5 Å². The van der Waals surface area contributed by atoms with Crippen LogP contribution in [0.4, 0.5) is 0 Å². The molecule has 0 unspecified atom stereocenters. The lowest BCUT2D eigenvalue weighted by molar-refractivity contribution is 0.0796. The number of nitrogens with zero attached hydrogens (tertiary/aromatic N) is 3. The van der Waals surface area contributed by atoms with E-state index in [0.29, 0.717) is 32.7 Å². The maximum absolute atomic E-state index is 13.1. The third-order valence-corrected chi connectivity index (χ3v) is 8.67. The molecular weight excluding hydrogens is 460 g/mol. The number of amides is 1. The van der Waals surface area contributed by atoms with Crippen LogP contribution in [-0.4, -0.2) is 49.0 Å². The van der Waals surface area contributed by atoms with Crippen molar-refractivity contribution in [2.24, 2.45) is 7.05 Å². The van der Waals surface area contributed by atoms with E-state index in [4.69, 9.17) is 4.74 Å². The molecular formula is C23H28N4O4S2. The maximum atomic E-state index is 13.1. The average molecular weight is 489 g/mol. The van der Waals surface area contributed by atoms with Crippen LogP contribution in [0.2, 0.25) is 0 Å². The highest BCUT2D eigenvalue weighted by Gasteiger charge is 2.27. The van der Waals surface area contributed by atoms with Crippen LogP contribution in [0, 0.1) is 13.8 Å². The minimum atomic E-state index is -3.76. The van der Waals surface area contributed by atoms with Gasteiger partial charge in [0.2, 0.25) is 10.0 Å². The van der Waals surface area contributed by atoms with Gasteiger partial charge in [0, 0.05) is 32.4 Å². The predicted molar refractivity (Wildman–Crippen MR) is 128 cm³/mol. The number of benzene rings is 1. The van der Waals surface area contributed by atoms with Crippen molar-refractivity contribution in [2.75, 3.05) is 20.2 Å². The van der Waals surface area contributed by atoms with Gasteiger partial charge in [-0.25, -0.2) is 18.1 Å². The summed E-state index contributed by atoms with van der Waals surface area (Å²) in [5, 5.41) is 0.634. The number of carbonyl (C=O) groups is 1. The van der Waals surface area contributed by atoms with Crippen molar-refractivity contribution in [1.29, 1.82) is 0 Å². The Morgan fingerprint density at radius 3 is 2.64 bits per heavy atom. The van der Waals surface area contributed by atoms with E-state index in [1.54, 1.807) is 26.2 Å². The van der Waals surface area contributed by atoms with Crippen LogP contribution in [-0.2, 0) is 23.6 Å². The zero-order valence-corrected chi connectivity index (χ0v) is 20.8. The Bertz CT molecular complexity index is 1290. The summed E-state index contributed by atoms with van der Waals surface area (Å²) in [5.74, 6) is 0.677. The largest absolute Gasteiger partial charge is 0.497 e. The van der Waals surface area contributed by atoms with Crippen molar-refractivity contribution in [3.05, 3.63) is 52.2 Å². The number of ether oxygens (including phenoxy) is 1. The van der Waals surface area contributed by atoms with Gasteiger partial charge >= 0.3 is 0 Å². The van der Waals surface area contributed by atoms with Crippen molar-refractivity contribution in [1.82, 2.24) is 19.2 Å². The van der Waals surface area contributed by atoms with Gasteiger partial charge in [-0.15, -0.1) is 11.3 Å². The Labute approximate surface area is 198 Å². The van der Waals surface area contributed by atoms with Crippen molar-refractivity contribution in [3.8, 4) is 16.5 Å². The van der Waals surface area contributed by atoms with Gasteiger partial charge in [0.05, 0.1) is 18.5 Å². The maximum Gasteiger partial charge on any atom is 0.265 e. The minimum absolute atomic E-state index is 0.00693. The third kappa shape index (κ3) is 4.68. The molecule has 1 amide bonds. The van der Waals surface area contributed by atoms with Crippen LogP contribution in [0.3, 0.4) is 0 Å². The molecule has 33 heavy (non-hydrogen) atoms. The second-order valence-corrected chi connectivity index (χ2v) is 10.9. The van der Waals surface area contributed by atoms with Gasteiger partial charge < -0.3 is 14.2 Å². The number of aromatic nitrogens is 2. The first-order valence-electron chi connectivity index (χ1n) is 10.8. The normalized spacial score (nSPS) is 14.1. The Morgan fingerprint density at radius 2 is 1.94 bits per heavy atom. The predicted octanol–water partition coefficient (Wildman–Crippen LogP) is 3.49. The number of likely N-dealkylation sites (tertiary alicyclic amines) is 1. The SMILES string of the molecule is COc1cccc(CNS(=O)(=O)c2cc(-c3nc(C)c(C(=O)N4CCCC4)s3)n(C)c2C)c1. The van der Waals surface area contributed by atoms with E-state index in [9.17, 15) is 13.2 Å². The van der Waals surface area contributed by atoms with E-state index in [2.05, 4.69) is 9.71 Å². The summed E-state index contributed by atoms with van der Waals surface area (Å²) in [6.45, 7) is 5.28. The standard InChI is InChI=1S/C23H28N4O4S2/c1-15-21(23(28)27-10-5-6-11-27)32-22(25-15)19-13-20(16(2)26(19)3)33(29,30)24-14-17-8-7-9-18(12-17)31-4/h7-9,12-13,24H,5-6,10-11,14H2,1-4H3. The number of rotatable bonds is 7. The molecule has 0 radical (unpaired) electrons. The summed E-state index contributed by atoms with van der Waals surface area (Å²) < 4.78 is 35.9. The minimum Gasteiger partial charge on any atom is -0.497 e. The lowest BCUT2D eigenvalue weighted by Crippen LogP contribution is -2.27. The molecule has 2 aromatic heterocycles. The van der Waals surface area contributed by atoms with Gasteiger partial charge in [-0.05, 0) is 50.5 Å². The van der Waals surface area contributed by atoms with Crippen LogP contribution in [0.1, 0.15) is 39.5 Å². The van der Waals surface area contributed by atoms with E-state index in [1.165, 1.54) is 11.3 Å². The molecule has 1 aromatic carbocycles. The Morgan fingerprint density at radius 1 is 1.21 bits per heavy atom. The molecule has 1 aliphatic heterocycles. The summed E-state index contributed by atoms with van der Waals surface area (Å²) in [6.07, 6.45) is 2.05. The van der Waals surface area contributed by atoms with Crippen molar-refractivity contribution in [3.63, 3.8) is 0 Å². The molecule has 8 nitrogen and oxygen atoms in total. The van der Waals surface area contributed by atoms with E-state index < -0.39 is 10.0 Å². The fourth-order valence-electron chi connectivity index (χ4n) is 3.96. The molecule has 1 fully saturated rings. The number of hydrogen-bond donors (Lipinski definition) is 1. The van der Waals surface area contributed by atoms with Crippen molar-refractivity contribution >= 4 is 27.3 Å². The van der Waals surface area contributed by atoms with Gasteiger partial charge in [0.25, 0.3) is 5.91 Å². The van der Waals surface area contributed by atoms with E-state index in [-0.39, 0.29) is 17.3 Å². The zero-order valence-electron chi connectivity index (χ0n) is 19.2. The fourth-order valence-corrected chi connectivity index (χ4v) is 6.35. The molecule has 3 heterocycles. The lowest BCUT2D eigenvalue weighted by atomic mass is 10.2. The highest BCUT2D eigenvalue weighted by molar-refractivity contribution is 7.89. The fraction of sp³-hybridized carbons (Fsp3) is 0.391. The molecule has 0 saturated carbocycles. The number of thiazole rings is 1. The smallest absolute Gasteiger partial charge is 0.265 e. The Balaban J connectivity index is 1.59. The molecule has 0 spiro atoms. The second-order valence-electron chi connectivity index (χ2n) is 8.15. The molecule has 3 aromatic rings. The topological polar surface area (TPSA) is 93.5 Å². The molecule has 176 valence electrons. The number of methoxy groups -OCH3 is 1. The van der Waals surface area contributed by atoms with Gasteiger partial charge in [-0.1, -0.05) is 12.1 Å². The number of hydrogen-bond acceptors (Lipinski definition) is 6. The first-order chi connectivity index (χ1) is 15.7. The quantitative estimate of drug-likeness (QED) is 0.550. The third-order valence-electron chi connectivity index (χ3n) is 5.98. The highest BCUT2D eigenvalue weighted by atomic mass is 32.2. The van der Waals surface area contributed by atoms with Gasteiger partial charge in [-0.3, -0.25) is 4.79 Å². The summed E-state index contributed by atoms with van der Waals surface area (Å²) in [7, 11) is -0.379. The lowest BCUT2D eigenvalue weighted by Gasteiger charge is -2.13. The number of nitrogens with one attached hydrogen (secondary N) is 1. The molecule has 1 aliphatic rings. The molecule has 4 rings (SSSR count). The van der Waals surface area contributed by atoms with E-state index in [0.717, 1.165) is 31.5 Å². The molecule has 0 aliphatic carbocycles. The Hall–Kier alpha value is -2.69. The first kappa shape index (κ1) is 23.5. The summed E-state index contributed by atoms with van der Waals surface area (Å²) in [4.78, 5) is 20.1. The Kier molecular flexibility index (Phi) is 6.60. The number of carbonyl (C=O) groups excluding carboxylic acids is 1. The van der Waals surface area contributed by atoms with Crippen LogP contribution < -0.4 is 9.46 Å². The number of sulfonamides is 1. The van der Waals surface area contributed by atoms with E-state index in [1.807, 2.05) is 41.6 Å². The van der Waals surface area contributed by atoms with Crippen LogP contribution in [0.15, 0.2) is 35.2 Å². The monoisotopic (exact) mass is 488 g/mol. The molecule has 10 heteroatoms. The zero-order chi connectivity index (χ0) is 23.8. The molecule has 0 bridgehead atoms. The van der Waals surface area contributed by atoms with Crippen LogP contribution in [0.5, 0.6) is 5.75 Å². The molecule has 1 saturated heterocycles. The number of aryl methyl sites for hydroxylation is 1. The van der Waals surface area contributed by atoms with Gasteiger partial charge in [-0.2, -0.15) is 0 Å². The van der Waals surface area contributed by atoms with Crippen LogP contribution in [0.25, 0.3) is 10.7 Å². The van der Waals surface area contributed by atoms with E-state index >= 15 is 0 Å². The summed E-state index contributed by atoms with van der Waals surface area (Å²) in [5.41, 5.74) is 2.74. The van der Waals surface area contributed by atoms with Crippen molar-refractivity contribution in [2.45, 2.75) is 38.1 Å². The average Bonchev–Trinajstić information content (AvgIpc) is 3.53. The molecule has 1 N–H and O–H groups in total.